The van der Waals surface area contributed by atoms with E-state index in [1.54, 1.807) is 36.4 Å². The Morgan fingerprint density at radius 1 is 1.00 bits per heavy atom. The van der Waals surface area contributed by atoms with Crippen molar-refractivity contribution in [2.24, 2.45) is 0 Å². The van der Waals surface area contributed by atoms with Crippen molar-refractivity contribution in [2.75, 3.05) is 7.11 Å². The predicted octanol–water partition coefficient (Wildman–Crippen LogP) is 3.58. The molecule has 1 heterocycles. The molecule has 0 N–H and O–H groups in total. The number of fused-ring (bicyclic) bond motifs is 1. The second kappa shape index (κ2) is 6.36. The van der Waals surface area contributed by atoms with Crippen LogP contribution >= 0.6 is 0 Å². The molecular formula is C18H14O5. The third kappa shape index (κ3) is 3.23. The quantitative estimate of drug-likeness (QED) is 0.689. The summed E-state index contributed by atoms with van der Waals surface area (Å²) in [7, 11) is 1.32. The fraction of sp³-hybridized carbons (Fsp3) is 0.111. The van der Waals surface area contributed by atoms with Crippen LogP contribution in [-0.2, 0) is 16.1 Å². The molecule has 0 aliphatic heterocycles. The van der Waals surface area contributed by atoms with Crippen molar-refractivity contribution in [1.29, 1.82) is 0 Å². The molecule has 116 valence electrons. The molecule has 0 fully saturated rings. The van der Waals surface area contributed by atoms with Gasteiger partial charge in [0.05, 0.1) is 12.7 Å². The first-order chi connectivity index (χ1) is 11.2. The molecule has 0 aliphatic rings. The van der Waals surface area contributed by atoms with Crippen LogP contribution in [0, 0.1) is 0 Å². The minimum atomic E-state index is -0.529. The van der Waals surface area contributed by atoms with Crippen LogP contribution in [0.3, 0.4) is 0 Å². The number of benzene rings is 2. The molecule has 2 aromatic carbocycles. The Hall–Kier alpha value is -3.08. The van der Waals surface area contributed by atoms with Gasteiger partial charge in [0, 0.05) is 5.39 Å². The number of ether oxygens (including phenoxy) is 2. The number of hydrogen-bond donors (Lipinski definition) is 0. The fourth-order valence-electron chi connectivity index (χ4n) is 2.16. The third-order valence-corrected chi connectivity index (χ3v) is 3.37. The van der Waals surface area contributed by atoms with Crippen molar-refractivity contribution < 1.29 is 23.5 Å². The maximum Gasteiger partial charge on any atom is 0.374 e. The summed E-state index contributed by atoms with van der Waals surface area (Å²) in [5, 5.41) is 0.849. The van der Waals surface area contributed by atoms with Crippen molar-refractivity contribution >= 4 is 22.9 Å². The summed E-state index contributed by atoms with van der Waals surface area (Å²) in [6.45, 7) is 0.0946. The Morgan fingerprint density at radius 3 is 2.43 bits per heavy atom. The standard InChI is InChI=1S/C18H14O5/c1-21-17(19)13-8-6-12(7-9-13)11-22-18(20)16-10-14-4-2-3-5-15(14)23-16/h2-10H,11H2,1H3. The highest BCUT2D eigenvalue weighted by molar-refractivity contribution is 5.92. The van der Waals surface area contributed by atoms with E-state index in [9.17, 15) is 9.59 Å². The van der Waals surface area contributed by atoms with Crippen LogP contribution in [0.1, 0.15) is 26.5 Å². The largest absolute Gasteiger partial charge is 0.465 e. The summed E-state index contributed by atoms with van der Waals surface area (Å²) < 4.78 is 15.3. The molecule has 23 heavy (non-hydrogen) atoms. The van der Waals surface area contributed by atoms with Crippen LogP contribution in [0.25, 0.3) is 11.0 Å². The van der Waals surface area contributed by atoms with Crippen LogP contribution < -0.4 is 0 Å². The predicted molar refractivity (Wildman–Crippen MR) is 83.1 cm³/mol. The average molecular weight is 310 g/mol. The van der Waals surface area contributed by atoms with E-state index in [4.69, 9.17) is 9.15 Å². The molecule has 0 spiro atoms. The molecule has 5 nitrogen and oxygen atoms in total. The minimum Gasteiger partial charge on any atom is -0.465 e. The Kier molecular flexibility index (Phi) is 4.10. The van der Waals surface area contributed by atoms with Gasteiger partial charge in [-0.2, -0.15) is 0 Å². The highest BCUT2D eigenvalue weighted by Crippen LogP contribution is 2.19. The van der Waals surface area contributed by atoms with Crippen molar-refractivity contribution in [3.63, 3.8) is 0 Å². The smallest absolute Gasteiger partial charge is 0.374 e. The van der Waals surface area contributed by atoms with E-state index in [-0.39, 0.29) is 12.4 Å². The lowest BCUT2D eigenvalue weighted by molar-refractivity contribution is 0.0438. The molecular weight excluding hydrogens is 296 g/mol. The van der Waals surface area contributed by atoms with E-state index < -0.39 is 11.9 Å². The first-order valence-corrected chi connectivity index (χ1v) is 7.00. The average Bonchev–Trinajstić information content (AvgIpc) is 3.03. The molecule has 3 aromatic rings. The lowest BCUT2D eigenvalue weighted by Crippen LogP contribution is -2.05. The van der Waals surface area contributed by atoms with Gasteiger partial charge in [0.1, 0.15) is 12.2 Å². The summed E-state index contributed by atoms with van der Waals surface area (Å²) in [5.41, 5.74) is 1.85. The molecule has 1 aromatic heterocycles. The zero-order valence-electron chi connectivity index (χ0n) is 12.4. The van der Waals surface area contributed by atoms with Gasteiger partial charge in [0.2, 0.25) is 5.76 Å². The van der Waals surface area contributed by atoms with Gasteiger partial charge in [-0.1, -0.05) is 30.3 Å². The Labute approximate surface area is 132 Å². The highest BCUT2D eigenvalue weighted by Gasteiger charge is 2.14. The lowest BCUT2D eigenvalue weighted by Gasteiger charge is -2.04. The fourth-order valence-corrected chi connectivity index (χ4v) is 2.16. The Morgan fingerprint density at radius 2 is 1.74 bits per heavy atom. The number of carbonyl (C=O) groups excluding carboxylic acids is 2. The highest BCUT2D eigenvalue weighted by atomic mass is 16.5. The minimum absolute atomic E-state index is 0.0946. The van der Waals surface area contributed by atoms with Gasteiger partial charge in [0.25, 0.3) is 0 Å². The molecule has 0 radical (unpaired) electrons. The number of carbonyl (C=O) groups is 2. The van der Waals surface area contributed by atoms with Crippen LogP contribution in [0.2, 0.25) is 0 Å². The maximum absolute atomic E-state index is 12.0. The van der Waals surface area contributed by atoms with E-state index in [0.29, 0.717) is 11.1 Å². The number of furan rings is 1. The number of methoxy groups -OCH3 is 1. The van der Waals surface area contributed by atoms with Crippen molar-refractivity contribution in [2.45, 2.75) is 6.61 Å². The summed E-state index contributed by atoms with van der Waals surface area (Å²) in [6.07, 6.45) is 0. The second-order valence-electron chi connectivity index (χ2n) is 4.91. The van der Waals surface area contributed by atoms with E-state index in [1.807, 2.05) is 18.2 Å². The number of para-hydroxylation sites is 1. The second-order valence-corrected chi connectivity index (χ2v) is 4.91. The first kappa shape index (κ1) is 14.8. The molecule has 0 saturated heterocycles. The normalized spacial score (nSPS) is 10.5. The van der Waals surface area contributed by atoms with Gasteiger partial charge in [-0.15, -0.1) is 0 Å². The van der Waals surface area contributed by atoms with E-state index in [1.165, 1.54) is 7.11 Å². The van der Waals surface area contributed by atoms with Crippen molar-refractivity contribution in [1.82, 2.24) is 0 Å². The van der Waals surface area contributed by atoms with Gasteiger partial charge in [-0.25, -0.2) is 9.59 Å². The van der Waals surface area contributed by atoms with Crippen LogP contribution in [0.15, 0.2) is 59.0 Å². The lowest BCUT2D eigenvalue weighted by atomic mass is 10.1. The SMILES string of the molecule is COC(=O)c1ccc(COC(=O)c2cc3ccccc3o2)cc1. The van der Waals surface area contributed by atoms with Gasteiger partial charge in [0.15, 0.2) is 0 Å². The van der Waals surface area contributed by atoms with E-state index in [2.05, 4.69) is 4.74 Å². The van der Waals surface area contributed by atoms with Crippen molar-refractivity contribution in [3.8, 4) is 0 Å². The Bertz CT molecular complexity index is 812. The van der Waals surface area contributed by atoms with Gasteiger partial charge < -0.3 is 13.9 Å². The molecule has 0 saturated carbocycles. The molecule has 0 atom stereocenters. The van der Waals surface area contributed by atoms with Crippen LogP contribution in [0.5, 0.6) is 0 Å². The van der Waals surface area contributed by atoms with E-state index in [0.717, 1.165) is 10.9 Å². The number of hydrogen-bond acceptors (Lipinski definition) is 5. The molecule has 0 bridgehead atoms. The van der Waals surface area contributed by atoms with Gasteiger partial charge in [-0.05, 0) is 29.8 Å². The zero-order chi connectivity index (χ0) is 16.2. The van der Waals surface area contributed by atoms with Crippen molar-refractivity contribution in [3.05, 3.63) is 71.5 Å². The zero-order valence-corrected chi connectivity index (χ0v) is 12.4. The van der Waals surface area contributed by atoms with Crippen LogP contribution in [-0.4, -0.2) is 19.0 Å². The summed E-state index contributed by atoms with van der Waals surface area (Å²) >= 11 is 0. The van der Waals surface area contributed by atoms with E-state index >= 15 is 0 Å². The van der Waals surface area contributed by atoms with Gasteiger partial charge >= 0.3 is 11.9 Å². The molecule has 5 heteroatoms. The van der Waals surface area contributed by atoms with Crippen LogP contribution in [0.4, 0.5) is 0 Å². The Balaban J connectivity index is 1.65. The monoisotopic (exact) mass is 310 g/mol. The summed E-state index contributed by atoms with van der Waals surface area (Å²) in [4.78, 5) is 23.4. The summed E-state index contributed by atoms with van der Waals surface area (Å²) in [6, 6.07) is 15.7. The number of rotatable bonds is 4. The van der Waals surface area contributed by atoms with Gasteiger partial charge in [-0.3, -0.25) is 0 Å². The molecule has 3 rings (SSSR count). The molecule has 0 aliphatic carbocycles. The number of esters is 2. The molecule has 0 unspecified atom stereocenters. The maximum atomic E-state index is 12.0. The summed E-state index contributed by atoms with van der Waals surface area (Å²) in [5.74, 6) is -0.772. The first-order valence-electron chi connectivity index (χ1n) is 7.00. The topological polar surface area (TPSA) is 65.7 Å². The third-order valence-electron chi connectivity index (χ3n) is 3.37. The molecule has 0 amide bonds.